The van der Waals surface area contributed by atoms with Crippen molar-refractivity contribution in [3.05, 3.63) is 29.3 Å². The highest BCUT2D eigenvalue weighted by atomic mass is 32.2. The number of aromatic nitrogens is 2. The lowest BCUT2D eigenvalue weighted by Crippen LogP contribution is -2.74. The Labute approximate surface area is 207 Å². The average Bonchev–Trinajstić information content (AvgIpc) is 3.22. The van der Waals surface area contributed by atoms with E-state index < -0.39 is 23.5 Å². The van der Waals surface area contributed by atoms with Gasteiger partial charge in [-0.1, -0.05) is 23.1 Å². The normalized spacial score (nSPS) is 23.5. The summed E-state index contributed by atoms with van der Waals surface area (Å²) in [5.74, 6) is -0.885. The number of rotatable bonds is 7. The molecule has 4 amide bonds. The van der Waals surface area contributed by atoms with Gasteiger partial charge in [-0.05, 0) is 31.2 Å². The van der Waals surface area contributed by atoms with Crippen LogP contribution in [0.2, 0.25) is 0 Å². The summed E-state index contributed by atoms with van der Waals surface area (Å²) >= 11 is 4.08. The van der Waals surface area contributed by atoms with Gasteiger partial charge in [0.25, 0.3) is 0 Å². The number of carbonyl (C=O) groups is 4. The molecule has 2 aliphatic rings. The van der Waals surface area contributed by atoms with Gasteiger partial charge in [-0.25, -0.2) is 4.79 Å². The fourth-order valence-electron chi connectivity index (χ4n) is 3.59. The summed E-state index contributed by atoms with van der Waals surface area (Å²) in [5, 5.41) is 26.4. The number of nitrogens with one attached hydrogen (secondary N) is 3. The zero-order chi connectivity index (χ0) is 24.5. The second-order valence-corrected chi connectivity index (χ2v) is 11.5. The molecule has 0 aliphatic carbocycles. The maximum absolute atomic E-state index is 12.7. The predicted molar refractivity (Wildman–Crippen MR) is 130 cm³/mol. The van der Waals surface area contributed by atoms with Crippen LogP contribution in [0.25, 0.3) is 0 Å². The lowest BCUT2D eigenvalue weighted by atomic mass is 9.89. The van der Waals surface area contributed by atoms with Gasteiger partial charge in [0.2, 0.25) is 11.8 Å². The molecule has 2 unspecified atom stereocenters. The van der Waals surface area contributed by atoms with Crippen molar-refractivity contribution < 1.29 is 24.3 Å². The Balaban J connectivity index is 1.32. The molecule has 2 fully saturated rings. The number of thioether (sulfide) groups is 2. The van der Waals surface area contributed by atoms with E-state index >= 15 is 0 Å². The molecule has 4 rings (SSSR count). The van der Waals surface area contributed by atoms with Gasteiger partial charge in [-0.2, -0.15) is 0 Å². The molecular formula is C20H22N6O5S3. The van der Waals surface area contributed by atoms with Gasteiger partial charge in [-0.3, -0.25) is 14.4 Å². The van der Waals surface area contributed by atoms with Crippen LogP contribution in [0, 0.1) is 12.3 Å². The van der Waals surface area contributed by atoms with E-state index in [0.717, 1.165) is 5.01 Å². The number of carboxylic acid groups (broad SMARTS) is 1. The van der Waals surface area contributed by atoms with Gasteiger partial charge in [0.15, 0.2) is 4.34 Å². The van der Waals surface area contributed by atoms with Crippen molar-refractivity contribution in [1.29, 1.82) is 0 Å². The van der Waals surface area contributed by atoms with Crippen LogP contribution >= 0.6 is 34.9 Å². The van der Waals surface area contributed by atoms with Crippen molar-refractivity contribution in [2.45, 2.75) is 29.6 Å². The summed E-state index contributed by atoms with van der Waals surface area (Å²) in [4.78, 5) is 49.9. The van der Waals surface area contributed by atoms with E-state index in [-0.39, 0.29) is 29.5 Å². The van der Waals surface area contributed by atoms with Crippen LogP contribution in [0.1, 0.15) is 11.9 Å². The standard InChI is InChI=1S/C20H22N6O5S3/c1-10(27)21-12-3-5-13(6-4-12)22-18(31)23-14-15(28)26-7-20(17(29)30,8-32-16(14)26)9-33-19-25-24-11(2)34-19/h3-6,14,16H,7-9H2,1-2H3,(H,21,27)(H,29,30)(H2,22,23,31)/t14?,16-,20?/m1/s1. The lowest BCUT2D eigenvalue weighted by molar-refractivity contribution is -0.155. The number of urea groups is 1. The summed E-state index contributed by atoms with van der Waals surface area (Å²) in [7, 11) is 0. The number of carboxylic acids is 1. The van der Waals surface area contributed by atoms with E-state index in [4.69, 9.17) is 0 Å². The first-order chi connectivity index (χ1) is 16.2. The minimum absolute atomic E-state index is 0.0774. The average molecular weight is 523 g/mol. The summed E-state index contributed by atoms with van der Waals surface area (Å²) in [5.41, 5.74) is -0.00666. The van der Waals surface area contributed by atoms with Gasteiger partial charge in [0, 0.05) is 36.3 Å². The number of hydrogen-bond acceptors (Lipinski definition) is 9. The lowest BCUT2D eigenvalue weighted by Gasteiger charge is -2.53. The number of anilines is 2. The van der Waals surface area contributed by atoms with Crippen LogP contribution in [0.3, 0.4) is 0 Å². The Morgan fingerprint density at radius 1 is 1.21 bits per heavy atom. The molecule has 3 atom stereocenters. The van der Waals surface area contributed by atoms with Gasteiger partial charge >= 0.3 is 12.0 Å². The number of carbonyl (C=O) groups excluding carboxylic acids is 3. The molecule has 2 saturated heterocycles. The third kappa shape index (κ3) is 5.13. The number of aliphatic carboxylic acids is 1. The zero-order valence-corrected chi connectivity index (χ0v) is 20.7. The van der Waals surface area contributed by atoms with Crippen molar-refractivity contribution in [3.8, 4) is 0 Å². The molecule has 0 bridgehead atoms. The summed E-state index contributed by atoms with van der Waals surface area (Å²) in [6, 6.07) is 5.30. The van der Waals surface area contributed by atoms with Crippen LogP contribution in [0.4, 0.5) is 16.2 Å². The van der Waals surface area contributed by atoms with E-state index in [9.17, 15) is 24.3 Å². The molecule has 0 radical (unpaired) electrons. The summed E-state index contributed by atoms with van der Waals surface area (Å²) in [6.07, 6.45) is 0. The maximum Gasteiger partial charge on any atom is 0.319 e. The molecule has 11 nitrogen and oxygen atoms in total. The van der Waals surface area contributed by atoms with Crippen LogP contribution in [0.5, 0.6) is 0 Å². The number of β-lactam (4-membered cyclic amide) rings is 1. The molecule has 2 aliphatic heterocycles. The highest BCUT2D eigenvalue weighted by Crippen LogP contribution is 2.44. The Morgan fingerprint density at radius 3 is 2.47 bits per heavy atom. The van der Waals surface area contributed by atoms with Gasteiger partial charge in [0.05, 0.1) is 0 Å². The topological polar surface area (TPSA) is 154 Å². The molecule has 3 heterocycles. The number of benzene rings is 1. The highest BCUT2D eigenvalue weighted by Gasteiger charge is 2.57. The first kappa shape index (κ1) is 24.3. The van der Waals surface area contributed by atoms with E-state index in [0.29, 0.717) is 21.5 Å². The monoisotopic (exact) mass is 522 g/mol. The fraction of sp³-hybridized carbons (Fsp3) is 0.400. The Bertz CT molecular complexity index is 1130. The van der Waals surface area contributed by atoms with E-state index in [1.165, 1.54) is 46.7 Å². The number of amides is 4. The smallest absolute Gasteiger partial charge is 0.319 e. The summed E-state index contributed by atoms with van der Waals surface area (Å²) < 4.78 is 0.696. The maximum atomic E-state index is 12.7. The Morgan fingerprint density at radius 2 is 1.88 bits per heavy atom. The third-order valence-electron chi connectivity index (χ3n) is 5.33. The van der Waals surface area contributed by atoms with Crippen molar-refractivity contribution >= 4 is 70.1 Å². The van der Waals surface area contributed by atoms with E-state index in [1.54, 1.807) is 24.3 Å². The van der Waals surface area contributed by atoms with E-state index in [1.807, 2.05) is 6.92 Å². The van der Waals surface area contributed by atoms with Crippen molar-refractivity contribution in [2.75, 3.05) is 28.7 Å². The first-order valence-corrected chi connectivity index (χ1v) is 13.1. The largest absolute Gasteiger partial charge is 0.481 e. The van der Waals surface area contributed by atoms with Crippen LogP contribution in [-0.2, 0) is 14.4 Å². The summed E-state index contributed by atoms with van der Waals surface area (Å²) in [6.45, 7) is 3.31. The van der Waals surface area contributed by atoms with Gasteiger partial charge < -0.3 is 26.0 Å². The SMILES string of the molecule is CC(=O)Nc1ccc(NC(=O)NC2C(=O)N3CC(CSc4nnc(C)s4)(C(=O)O)CS[C@H]23)cc1. The van der Waals surface area contributed by atoms with Crippen LogP contribution in [-0.4, -0.2) is 73.5 Å². The van der Waals surface area contributed by atoms with Gasteiger partial charge in [-0.15, -0.1) is 22.0 Å². The molecule has 2 aromatic rings. The van der Waals surface area contributed by atoms with Crippen LogP contribution < -0.4 is 16.0 Å². The minimum Gasteiger partial charge on any atom is -0.481 e. The number of nitrogens with zero attached hydrogens (tertiary/aromatic N) is 3. The first-order valence-electron chi connectivity index (χ1n) is 10.2. The van der Waals surface area contributed by atoms with Crippen molar-refractivity contribution in [2.24, 2.45) is 5.41 Å². The Kier molecular flexibility index (Phi) is 7.00. The fourth-order valence-corrected chi connectivity index (χ4v) is 7.27. The highest BCUT2D eigenvalue weighted by molar-refractivity contribution is 8.01. The van der Waals surface area contributed by atoms with Crippen molar-refractivity contribution in [3.63, 3.8) is 0 Å². The van der Waals surface area contributed by atoms with Crippen molar-refractivity contribution in [1.82, 2.24) is 20.4 Å². The molecule has 34 heavy (non-hydrogen) atoms. The molecule has 0 saturated carbocycles. The molecule has 180 valence electrons. The molecular weight excluding hydrogens is 500 g/mol. The zero-order valence-electron chi connectivity index (χ0n) is 18.2. The van der Waals surface area contributed by atoms with E-state index in [2.05, 4.69) is 26.1 Å². The second kappa shape index (κ2) is 9.80. The van der Waals surface area contributed by atoms with Crippen LogP contribution in [0.15, 0.2) is 28.6 Å². The predicted octanol–water partition coefficient (Wildman–Crippen LogP) is 2.07. The number of aryl methyl sites for hydroxylation is 1. The second-order valence-electron chi connectivity index (χ2n) is 7.96. The number of fused-ring (bicyclic) bond motifs is 1. The minimum atomic E-state index is -1.11. The molecule has 1 aromatic carbocycles. The number of hydrogen-bond donors (Lipinski definition) is 4. The quantitative estimate of drug-likeness (QED) is 0.316. The molecule has 4 N–H and O–H groups in total. The molecule has 0 spiro atoms. The molecule has 14 heteroatoms. The van der Waals surface area contributed by atoms with Gasteiger partial charge in [0.1, 0.15) is 21.8 Å². The molecule has 1 aromatic heterocycles. The Hall–Kier alpha value is -2.84. The third-order valence-corrected chi connectivity index (χ3v) is 9.18.